The molecule has 2 rings (SSSR count). The van der Waals surface area contributed by atoms with E-state index in [2.05, 4.69) is 18.8 Å². The van der Waals surface area contributed by atoms with E-state index in [1.54, 1.807) is 0 Å². The number of ether oxygens (including phenoxy) is 2. The molecule has 0 aromatic heterocycles. The van der Waals surface area contributed by atoms with Crippen LogP contribution in [0.5, 0.6) is 0 Å². The van der Waals surface area contributed by atoms with Gasteiger partial charge >= 0.3 is 0 Å². The molecule has 3 unspecified atom stereocenters. The second kappa shape index (κ2) is 3.47. The minimum Gasteiger partial charge on any atom is -0.352 e. The Morgan fingerprint density at radius 1 is 1.42 bits per heavy atom. The lowest BCUT2D eigenvalue weighted by Crippen LogP contribution is -2.13. The van der Waals surface area contributed by atoms with Crippen molar-refractivity contribution in [3.05, 3.63) is 0 Å². The molecule has 12 heavy (non-hydrogen) atoms. The van der Waals surface area contributed by atoms with Crippen LogP contribution in [0.3, 0.4) is 0 Å². The Morgan fingerprint density at radius 2 is 2.33 bits per heavy atom. The van der Waals surface area contributed by atoms with Crippen LogP contribution in [0, 0.1) is 23.7 Å². The smallest absolute Gasteiger partial charge is 0.161 e. The summed E-state index contributed by atoms with van der Waals surface area (Å²) in [6.45, 7) is 3.69. The second-order valence-corrected chi connectivity index (χ2v) is 3.31. The van der Waals surface area contributed by atoms with Gasteiger partial charge in [0.15, 0.2) is 6.29 Å². The first-order valence-corrected chi connectivity index (χ1v) is 4.63. The first kappa shape index (κ1) is 8.10. The van der Waals surface area contributed by atoms with Crippen molar-refractivity contribution in [1.82, 2.24) is 0 Å². The fourth-order valence-electron chi connectivity index (χ4n) is 1.85. The molecule has 0 saturated carbocycles. The van der Waals surface area contributed by atoms with Crippen molar-refractivity contribution in [2.24, 2.45) is 11.8 Å². The van der Waals surface area contributed by atoms with Crippen molar-refractivity contribution < 1.29 is 9.47 Å². The lowest BCUT2D eigenvalue weighted by atomic mass is 9.94. The van der Waals surface area contributed by atoms with Crippen LogP contribution >= 0.6 is 0 Å². The summed E-state index contributed by atoms with van der Waals surface area (Å²) >= 11 is 0. The lowest BCUT2D eigenvalue weighted by molar-refractivity contribution is -0.0905. The summed E-state index contributed by atoms with van der Waals surface area (Å²) < 4.78 is 10.9. The predicted molar refractivity (Wildman–Crippen MR) is 45.4 cm³/mol. The summed E-state index contributed by atoms with van der Waals surface area (Å²) in [5, 5.41) is 0. The Hall–Kier alpha value is -0.520. The maximum Gasteiger partial charge on any atom is 0.161 e. The highest BCUT2D eigenvalue weighted by atomic mass is 16.7. The van der Waals surface area contributed by atoms with Crippen LogP contribution in [0.4, 0.5) is 0 Å². The molecule has 0 bridgehead atoms. The Balaban J connectivity index is 1.99. The predicted octanol–water partition coefficient (Wildman–Crippen LogP) is 1.41. The third-order valence-electron chi connectivity index (χ3n) is 2.50. The normalized spacial score (nSPS) is 38.9. The van der Waals surface area contributed by atoms with Gasteiger partial charge in [-0.2, -0.15) is 0 Å². The van der Waals surface area contributed by atoms with Crippen molar-refractivity contribution >= 4 is 0 Å². The number of fused-ring (bicyclic) bond motifs is 1. The van der Waals surface area contributed by atoms with Crippen LogP contribution in [-0.2, 0) is 9.47 Å². The van der Waals surface area contributed by atoms with Gasteiger partial charge in [0, 0.05) is 12.3 Å². The third-order valence-corrected chi connectivity index (χ3v) is 2.50. The van der Waals surface area contributed by atoms with E-state index in [4.69, 9.17) is 9.47 Å². The molecule has 0 aromatic carbocycles. The van der Waals surface area contributed by atoms with Gasteiger partial charge in [-0.25, -0.2) is 0 Å². The van der Waals surface area contributed by atoms with Gasteiger partial charge in [-0.3, -0.25) is 0 Å². The van der Waals surface area contributed by atoms with Gasteiger partial charge in [-0.1, -0.05) is 12.8 Å². The van der Waals surface area contributed by atoms with Crippen LogP contribution in [0.15, 0.2) is 0 Å². The zero-order valence-electron chi connectivity index (χ0n) is 7.38. The van der Waals surface area contributed by atoms with Crippen LogP contribution in [0.25, 0.3) is 0 Å². The van der Waals surface area contributed by atoms with E-state index >= 15 is 0 Å². The molecule has 0 aliphatic carbocycles. The van der Waals surface area contributed by atoms with E-state index in [1.165, 1.54) is 0 Å². The Morgan fingerprint density at radius 3 is 3.17 bits per heavy atom. The minimum atomic E-state index is 0.0566. The van der Waals surface area contributed by atoms with E-state index in [-0.39, 0.29) is 6.29 Å². The van der Waals surface area contributed by atoms with E-state index in [9.17, 15) is 0 Å². The number of rotatable bonds is 0. The summed E-state index contributed by atoms with van der Waals surface area (Å²) in [4.78, 5) is 0. The van der Waals surface area contributed by atoms with Crippen molar-refractivity contribution in [2.75, 3.05) is 13.2 Å². The topological polar surface area (TPSA) is 18.5 Å². The highest BCUT2D eigenvalue weighted by Crippen LogP contribution is 2.34. The molecule has 2 nitrogen and oxygen atoms in total. The Labute approximate surface area is 73.2 Å². The fourth-order valence-corrected chi connectivity index (χ4v) is 1.85. The second-order valence-electron chi connectivity index (χ2n) is 3.31. The SMILES string of the molecule is CCC#CC1COC2OCCC12. The molecule has 2 aliphatic heterocycles. The average Bonchev–Trinajstić information content (AvgIpc) is 2.62. The van der Waals surface area contributed by atoms with E-state index in [0.29, 0.717) is 11.8 Å². The zero-order valence-corrected chi connectivity index (χ0v) is 7.38. The Kier molecular flexibility index (Phi) is 2.34. The Bertz CT molecular complexity index is 214. The van der Waals surface area contributed by atoms with Crippen LogP contribution in [0.1, 0.15) is 19.8 Å². The molecule has 2 heterocycles. The quantitative estimate of drug-likeness (QED) is 0.506. The van der Waals surface area contributed by atoms with E-state index in [1.807, 2.05) is 0 Å². The van der Waals surface area contributed by atoms with Crippen molar-refractivity contribution in [3.8, 4) is 11.8 Å². The molecular weight excluding hydrogens is 152 g/mol. The average molecular weight is 166 g/mol. The minimum absolute atomic E-state index is 0.0566. The lowest BCUT2D eigenvalue weighted by Gasteiger charge is -2.07. The maximum absolute atomic E-state index is 5.46. The zero-order chi connectivity index (χ0) is 8.39. The fraction of sp³-hybridized carbons (Fsp3) is 0.800. The van der Waals surface area contributed by atoms with E-state index in [0.717, 1.165) is 26.1 Å². The van der Waals surface area contributed by atoms with Gasteiger partial charge in [0.25, 0.3) is 0 Å². The summed E-state index contributed by atoms with van der Waals surface area (Å²) in [6, 6.07) is 0. The maximum atomic E-state index is 5.46. The molecule has 0 N–H and O–H groups in total. The van der Waals surface area contributed by atoms with Crippen LogP contribution < -0.4 is 0 Å². The monoisotopic (exact) mass is 166 g/mol. The molecule has 3 atom stereocenters. The van der Waals surface area contributed by atoms with Crippen LogP contribution in [-0.4, -0.2) is 19.5 Å². The van der Waals surface area contributed by atoms with Crippen molar-refractivity contribution in [3.63, 3.8) is 0 Å². The van der Waals surface area contributed by atoms with Gasteiger partial charge in [-0.05, 0) is 6.42 Å². The summed E-state index contributed by atoms with van der Waals surface area (Å²) in [6.07, 6.45) is 2.11. The number of hydrogen-bond donors (Lipinski definition) is 0. The first-order valence-electron chi connectivity index (χ1n) is 4.63. The largest absolute Gasteiger partial charge is 0.352 e. The van der Waals surface area contributed by atoms with E-state index < -0.39 is 0 Å². The summed E-state index contributed by atoms with van der Waals surface area (Å²) in [5.41, 5.74) is 0. The van der Waals surface area contributed by atoms with Gasteiger partial charge in [0.1, 0.15) is 0 Å². The van der Waals surface area contributed by atoms with Crippen molar-refractivity contribution in [2.45, 2.75) is 26.1 Å². The molecule has 66 valence electrons. The van der Waals surface area contributed by atoms with Gasteiger partial charge < -0.3 is 9.47 Å². The molecule has 0 amide bonds. The summed E-state index contributed by atoms with van der Waals surface area (Å²) in [7, 11) is 0. The molecule has 0 aromatic rings. The molecule has 0 spiro atoms. The highest BCUT2D eigenvalue weighted by Gasteiger charge is 2.40. The highest BCUT2D eigenvalue weighted by molar-refractivity contribution is 5.08. The van der Waals surface area contributed by atoms with Gasteiger partial charge in [0.2, 0.25) is 0 Å². The molecule has 2 heteroatoms. The molecule has 2 saturated heterocycles. The third kappa shape index (κ3) is 1.35. The summed E-state index contributed by atoms with van der Waals surface area (Å²) in [5.74, 6) is 7.34. The number of hydrogen-bond acceptors (Lipinski definition) is 2. The molecule has 0 radical (unpaired) electrons. The first-order chi connectivity index (χ1) is 5.92. The standard InChI is InChI=1S/C10H14O2/c1-2-3-4-8-7-12-10-9(8)5-6-11-10/h8-10H,2,5-7H2,1H3. The molecule has 2 aliphatic rings. The molecular formula is C10H14O2. The van der Waals surface area contributed by atoms with Gasteiger partial charge in [-0.15, -0.1) is 5.92 Å². The van der Waals surface area contributed by atoms with Gasteiger partial charge in [0.05, 0.1) is 19.1 Å². The molecule has 2 fully saturated rings. The van der Waals surface area contributed by atoms with Crippen LogP contribution in [0.2, 0.25) is 0 Å². The van der Waals surface area contributed by atoms with Crippen molar-refractivity contribution in [1.29, 1.82) is 0 Å².